The fourth-order valence-corrected chi connectivity index (χ4v) is 0.885. The predicted molar refractivity (Wildman–Crippen MR) is 42.3 cm³/mol. The molecule has 2 rings (SSSR count). The maximum atomic E-state index is 4.61. The van der Waals surface area contributed by atoms with Gasteiger partial charge >= 0.3 is 12.2 Å². The van der Waals surface area contributed by atoms with Crippen molar-refractivity contribution in [1.82, 2.24) is 5.16 Å². The van der Waals surface area contributed by atoms with Gasteiger partial charge in [-0.2, -0.15) is 0 Å². The molecule has 1 aliphatic rings. The average Bonchev–Trinajstić information content (AvgIpc) is 2.58. The molecule has 0 spiro atoms. The first kappa shape index (κ1) is 6.09. The lowest BCUT2D eigenvalue weighted by molar-refractivity contribution is 0.292. The molecule has 3 heteroatoms. The molecule has 0 unspecified atom stereocenters. The Morgan fingerprint density at radius 2 is 2.00 bits per heavy atom. The number of nitrogens with zero attached hydrogens (tertiary/aromatic N) is 2. The molecule has 1 aromatic rings. The summed E-state index contributed by atoms with van der Waals surface area (Å²) in [6.07, 6.45) is 1.32. The molecule has 0 N–H and O–H groups in total. The zero-order valence-electron chi connectivity index (χ0n) is 5.77. The van der Waals surface area contributed by atoms with Crippen LogP contribution in [-0.4, -0.2) is 12.2 Å². The van der Waals surface area contributed by atoms with Gasteiger partial charge in [-0.05, 0) is 12.1 Å². The molecule has 1 aliphatic heterocycles. The summed E-state index contributed by atoms with van der Waals surface area (Å²) in [5.74, 6) is 0.630. The Hall–Kier alpha value is -1.64. The van der Waals surface area contributed by atoms with E-state index >= 15 is 0 Å². The molecule has 11 heavy (non-hydrogen) atoms. The number of benzene rings is 1. The fourth-order valence-electron chi connectivity index (χ4n) is 0.885. The summed E-state index contributed by atoms with van der Waals surface area (Å²) in [5, 5.41) is 3.70. The topological polar surface area (TPSA) is 35.7 Å². The van der Waals surface area contributed by atoms with Crippen LogP contribution in [0.2, 0.25) is 0 Å². The average molecular weight is 146 g/mol. The van der Waals surface area contributed by atoms with E-state index in [1.807, 2.05) is 30.3 Å². The molecular formula is C8H6N2O+. The second-order valence-electron chi connectivity index (χ2n) is 2.12. The SMILES string of the molecule is C1=NC(c2ccccc2)=[N+]O1. The van der Waals surface area contributed by atoms with Crippen molar-refractivity contribution in [2.75, 3.05) is 0 Å². The second-order valence-corrected chi connectivity index (χ2v) is 2.12. The predicted octanol–water partition coefficient (Wildman–Crippen LogP) is 0.742. The van der Waals surface area contributed by atoms with Gasteiger partial charge in [0.1, 0.15) is 0 Å². The fraction of sp³-hybridized carbons (Fsp3) is 0. The molecule has 0 aliphatic carbocycles. The van der Waals surface area contributed by atoms with Crippen LogP contribution in [-0.2, 0) is 4.84 Å². The van der Waals surface area contributed by atoms with Gasteiger partial charge in [0.2, 0.25) is 0 Å². The first-order valence-electron chi connectivity index (χ1n) is 3.28. The lowest BCUT2D eigenvalue weighted by Crippen LogP contribution is -1.99. The van der Waals surface area contributed by atoms with Gasteiger partial charge in [-0.15, -0.1) is 0 Å². The van der Waals surface area contributed by atoms with Crippen LogP contribution in [0.15, 0.2) is 35.3 Å². The summed E-state index contributed by atoms with van der Waals surface area (Å²) in [4.78, 5) is 8.52. The molecule has 0 bridgehead atoms. The van der Waals surface area contributed by atoms with Gasteiger partial charge in [0, 0.05) is 4.99 Å². The Morgan fingerprint density at radius 3 is 2.64 bits per heavy atom. The third kappa shape index (κ3) is 1.12. The summed E-state index contributed by atoms with van der Waals surface area (Å²) >= 11 is 0. The number of amidine groups is 1. The van der Waals surface area contributed by atoms with E-state index in [9.17, 15) is 0 Å². The van der Waals surface area contributed by atoms with Crippen LogP contribution in [0.1, 0.15) is 5.56 Å². The minimum atomic E-state index is 0.630. The lowest BCUT2D eigenvalue weighted by atomic mass is 10.2. The third-order valence-corrected chi connectivity index (χ3v) is 1.39. The van der Waals surface area contributed by atoms with Crippen molar-refractivity contribution in [2.45, 2.75) is 0 Å². The van der Waals surface area contributed by atoms with Crippen molar-refractivity contribution in [3.05, 3.63) is 35.9 Å². The van der Waals surface area contributed by atoms with Gasteiger partial charge in [0.25, 0.3) is 0 Å². The van der Waals surface area contributed by atoms with Crippen molar-refractivity contribution >= 4 is 12.2 Å². The highest BCUT2D eigenvalue weighted by molar-refractivity contribution is 6.02. The highest BCUT2D eigenvalue weighted by atomic mass is 16.6. The quantitative estimate of drug-likeness (QED) is 0.575. The highest BCUT2D eigenvalue weighted by Crippen LogP contribution is 2.01. The standard InChI is InChI=1S/C8H6N2O/c1-2-4-7(5-3-1)8-9-6-11-10-8/h1-6H/q+1. The van der Waals surface area contributed by atoms with Crippen LogP contribution in [0.5, 0.6) is 0 Å². The molecule has 1 aromatic carbocycles. The first-order chi connectivity index (χ1) is 5.47. The van der Waals surface area contributed by atoms with Crippen LogP contribution >= 0.6 is 0 Å². The molecule has 1 heterocycles. The molecule has 0 atom stereocenters. The largest absolute Gasteiger partial charge is 0.421 e. The molecule has 1 radical (unpaired) electrons. The molecule has 0 fully saturated rings. The van der Waals surface area contributed by atoms with Crippen molar-refractivity contribution in [1.29, 1.82) is 0 Å². The van der Waals surface area contributed by atoms with Crippen molar-refractivity contribution in [3.63, 3.8) is 0 Å². The number of hydrogen-bond donors (Lipinski definition) is 0. The van der Waals surface area contributed by atoms with Crippen LogP contribution < -0.4 is 5.16 Å². The summed E-state index contributed by atoms with van der Waals surface area (Å²) in [6, 6.07) is 9.69. The van der Waals surface area contributed by atoms with Crippen LogP contribution in [0.25, 0.3) is 0 Å². The maximum Gasteiger partial charge on any atom is 0.421 e. The zero-order chi connectivity index (χ0) is 7.52. The molecule has 0 amide bonds. The monoisotopic (exact) mass is 146 g/mol. The van der Waals surface area contributed by atoms with E-state index in [4.69, 9.17) is 0 Å². The molecule has 53 valence electrons. The van der Waals surface area contributed by atoms with E-state index in [1.165, 1.54) is 6.40 Å². The Morgan fingerprint density at radius 1 is 1.18 bits per heavy atom. The third-order valence-electron chi connectivity index (χ3n) is 1.39. The maximum absolute atomic E-state index is 4.61. The van der Waals surface area contributed by atoms with Crippen LogP contribution in [0, 0.1) is 0 Å². The van der Waals surface area contributed by atoms with Crippen molar-refractivity contribution < 1.29 is 4.84 Å². The number of rotatable bonds is 1. The van der Waals surface area contributed by atoms with Crippen molar-refractivity contribution in [3.8, 4) is 0 Å². The van der Waals surface area contributed by atoms with E-state index in [0.29, 0.717) is 5.84 Å². The summed E-state index contributed by atoms with van der Waals surface area (Å²) in [7, 11) is 0. The molecule has 0 saturated heterocycles. The molecule has 0 aromatic heterocycles. The van der Waals surface area contributed by atoms with Gasteiger partial charge in [-0.25, -0.2) is 4.84 Å². The van der Waals surface area contributed by atoms with Gasteiger partial charge in [0.05, 0.1) is 5.56 Å². The number of oxime groups is 1. The van der Waals surface area contributed by atoms with Gasteiger partial charge < -0.3 is 0 Å². The summed E-state index contributed by atoms with van der Waals surface area (Å²) in [6.45, 7) is 0. The van der Waals surface area contributed by atoms with Crippen LogP contribution in [0.3, 0.4) is 0 Å². The minimum absolute atomic E-state index is 0.630. The van der Waals surface area contributed by atoms with E-state index in [0.717, 1.165) is 5.56 Å². The van der Waals surface area contributed by atoms with E-state index < -0.39 is 0 Å². The summed E-state index contributed by atoms with van der Waals surface area (Å²) in [5.41, 5.74) is 0.973. The van der Waals surface area contributed by atoms with Gasteiger partial charge in [-0.1, -0.05) is 18.2 Å². The van der Waals surface area contributed by atoms with Crippen molar-refractivity contribution in [2.24, 2.45) is 4.99 Å². The zero-order valence-corrected chi connectivity index (χ0v) is 5.77. The summed E-state index contributed by atoms with van der Waals surface area (Å²) < 4.78 is 0. The van der Waals surface area contributed by atoms with Crippen LogP contribution in [0.4, 0.5) is 0 Å². The second kappa shape index (κ2) is 2.54. The molecule has 3 nitrogen and oxygen atoms in total. The Kier molecular flexibility index (Phi) is 1.41. The number of hydrogen-bond acceptors (Lipinski definition) is 3. The van der Waals surface area contributed by atoms with Gasteiger partial charge in [0.15, 0.2) is 5.16 Å². The van der Waals surface area contributed by atoms with E-state index in [-0.39, 0.29) is 0 Å². The minimum Gasteiger partial charge on any atom is -0.217 e. The first-order valence-corrected chi connectivity index (χ1v) is 3.28. The highest BCUT2D eigenvalue weighted by Gasteiger charge is 2.18. The number of aliphatic imine (C=N–C) groups is 1. The van der Waals surface area contributed by atoms with E-state index in [2.05, 4.69) is 15.0 Å². The lowest BCUT2D eigenvalue weighted by Gasteiger charge is -1.84. The normalized spacial score (nSPS) is 14.4. The Labute approximate surface area is 64.0 Å². The Bertz CT molecular complexity index is 303. The van der Waals surface area contributed by atoms with E-state index in [1.54, 1.807) is 0 Å². The molecule has 0 saturated carbocycles. The molecular weight excluding hydrogens is 140 g/mol. The Balaban J connectivity index is 2.37. The smallest absolute Gasteiger partial charge is 0.217 e. The van der Waals surface area contributed by atoms with Gasteiger partial charge in [-0.3, -0.25) is 0 Å².